The van der Waals surface area contributed by atoms with E-state index in [-0.39, 0.29) is 22.0 Å². The smallest absolute Gasteiger partial charge is 0.270 e. The number of benzene rings is 2. The molecule has 0 bridgehead atoms. The van der Waals surface area contributed by atoms with Crippen molar-refractivity contribution in [3.63, 3.8) is 0 Å². The highest BCUT2D eigenvalue weighted by Crippen LogP contribution is 2.21. The first-order valence-electron chi connectivity index (χ1n) is 9.48. The molecule has 9 nitrogen and oxygen atoms in total. The van der Waals surface area contributed by atoms with Crippen LogP contribution in [0.25, 0.3) is 5.69 Å². The van der Waals surface area contributed by atoms with E-state index in [1.54, 1.807) is 31.3 Å². The molecule has 3 amide bonds. The first kappa shape index (κ1) is 22.9. The lowest BCUT2D eigenvalue weighted by Gasteiger charge is -2.11. The number of rotatable bonds is 8. The fraction of sp³-hybridized carbons (Fsp3) is 0.143. The highest BCUT2D eigenvalue weighted by atomic mass is 35.5. The number of nitrogens with one attached hydrogen (secondary N) is 3. The Labute approximate surface area is 187 Å². The first-order chi connectivity index (χ1) is 15.3. The number of anilines is 1. The van der Waals surface area contributed by atoms with Crippen molar-refractivity contribution in [2.24, 2.45) is 5.73 Å². The Morgan fingerprint density at radius 1 is 1.09 bits per heavy atom. The normalized spacial score (nSPS) is 10.6. The fourth-order valence-electron chi connectivity index (χ4n) is 2.90. The van der Waals surface area contributed by atoms with Crippen molar-refractivity contribution in [1.82, 2.24) is 20.2 Å². The Kier molecular flexibility index (Phi) is 7.18. The number of carbonyl (C=O) groups excluding carboxylic acids is 3. The molecule has 0 aliphatic rings. The van der Waals surface area contributed by atoms with Crippen molar-refractivity contribution in [1.29, 1.82) is 0 Å². The van der Waals surface area contributed by atoms with Crippen LogP contribution >= 0.6 is 11.6 Å². The lowest BCUT2D eigenvalue weighted by molar-refractivity contribution is 0.0929. The first-order valence-corrected chi connectivity index (χ1v) is 9.86. The Morgan fingerprint density at radius 3 is 2.44 bits per heavy atom. The maximum absolute atomic E-state index is 13.2. The van der Waals surface area contributed by atoms with Gasteiger partial charge in [0.2, 0.25) is 0 Å². The number of hydrogen-bond acceptors (Lipinski definition) is 5. The SMILES string of the molecule is CNCCNC(=O)c1c(C(N)=O)ncn1-c1ccc(NC(=O)c2ccc(F)cc2Cl)cc1. The van der Waals surface area contributed by atoms with E-state index in [4.69, 9.17) is 17.3 Å². The summed E-state index contributed by atoms with van der Waals surface area (Å²) < 4.78 is 14.6. The molecular weight excluding hydrogens is 439 g/mol. The molecule has 32 heavy (non-hydrogen) atoms. The molecule has 0 radical (unpaired) electrons. The van der Waals surface area contributed by atoms with Gasteiger partial charge in [0.05, 0.1) is 10.6 Å². The molecule has 2 aromatic carbocycles. The summed E-state index contributed by atoms with van der Waals surface area (Å²) in [6, 6.07) is 9.92. The molecule has 0 unspecified atom stereocenters. The largest absolute Gasteiger partial charge is 0.364 e. The predicted molar refractivity (Wildman–Crippen MR) is 118 cm³/mol. The summed E-state index contributed by atoms with van der Waals surface area (Å²) in [5.74, 6) is -2.39. The monoisotopic (exact) mass is 458 g/mol. The minimum absolute atomic E-state index is 0.00322. The molecule has 0 saturated carbocycles. The van der Waals surface area contributed by atoms with Crippen LogP contribution in [-0.4, -0.2) is 47.4 Å². The third-order valence-corrected chi connectivity index (χ3v) is 4.77. The third-order valence-electron chi connectivity index (χ3n) is 4.46. The molecule has 1 heterocycles. The Balaban J connectivity index is 1.83. The summed E-state index contributed by atoms with van der Waals surface area (Å²) in [6.07, 6.45) is 1.32. The number of nitrogens with zero attached hydrogens (tertiary/aromatic N) is 2. The van der Waals surface area contributed by atoms with E-state index in [0.29, 0.717) is 24.5 Å². The summed E-state index contributed by atoms with van der Waals surface area (Å²) in [7, 11) is 1.75. The van der Waals surface area contributed by atoms with Gasteiger partial charge in [-0.15, -0.1) is 0 Å². The molecule has 0 spiro atoms. The quantitative estimate of drug-likeness (QED) is 0.383. The van der Waals surface area contributed by atoms with Crippen molar-refractivity contribution < 1.29 is 18.8 Å². The molecule has 5 N–H and O–H groups in total. The molecule has 3 rings (SSSR count). The average Bonchev–Trinajstić information content (AvgIpc) is 3.20. The summed E-state index contributed by atoms with van der Waals surface area (Å²) in [5.41, 5.74) is 6.29. The zero-order valence-electron chi connectivity index (χ0n) is 17.0. The lowest BCUT2D eigenvalue weighted by atomic mass is 10.2. The van der Waals surface area contributed by atoms with E-state index in [0.717, 1.165) is 12.1 Å². The van der Waals surface area contributed by atoms with E-state index in [9.17, 15) is 18.8 Å². The van der Waals surface area contributed by atoms with Crippen LogP contribution in [0.4, 0.5) is 10.1 Å². The molecule has 0 atom stereocenters. The second-order valence-corrected chi connectivity index (χ2v) is 7.07. The summed E-state index contributed by atoms with van der Waals surface area (Å²) >= 11 is 5.93. The number of hydrogen-bond donors (Lipinski definition) is 4. The van der Waals surface area contributed by atoms with Gasteiger partial charge in [-0.25, -0.2) is 9.37 Å². The lowest BCUT2D eigenvalue weighted by Crippen LogP contribution is -2.33. The number of likely N-dealkylation sites (N-methyl/N-ethyl adjacent to an activating group) is 1. The van der Waals surface area contributed by atoms with Crippen LogP contribution in [0.15, 0.2) is 48.8 Å². The van der Waals surface area contributed by atoms with Crippen LogP contribution in [0.3, 0.4) is 0 Å². The minimum atomic E-state index is -0.831. The number of imidazole rings is 1. The van der Waals surface area contributed by atoms with E-state index < -0.39 is 23.5 Å². The van der Waals surface area contributed by atoms with Gasteiger partial charge in [-0.05, 0) is 49.5 Å². The number of carbonyl (C=O) groups is 3. The zero-order valence-corrected chi connectivity index (χ0v) is 17.7. The molecule has 3 aromatic rings. The van der Waals surface area contributed by atoms with E-state index >= 15 is 0 Å². The fourth-order valence-corrected chi connectivity index (χ4v) is 3.16. The molecule has 0 aliphatic heterocycles. The van der Waals surface area contributed by atoms with Crippen molar-refractivity contribution in [2.75, 3.05) is 25.5 Å². The van der Waals surface area contributed by atoms with E-state index in [2.05, 4.69) is 20.9 Å². The molecule has 0 fully saturated rings. The van der Waals surface area contributed by atoms with Gasteiger partial charge in [-0.1, -0.05) is 11.6 Å². The maximum atomic E-state index is 13.2. The topological polar surface area (TPSA) is 131 Å². The van der Waals surface area contributed by atoms with Crippen molar-refractivity contribution in [2.45, 2.75) is 0 Å². The van der Waals surface area contributed by atoms with Crippen LogP contribution in [0.5, 0.6) is 0 Å². The Bertz CT molecular complexity index is 1160. The van der Waals surface area contributed by atoms with Gasteiger partial charge in [0.25, 0.3) is 17.7 Å². The van der Waals surface area contributed by atoms with Gasteiger partial charge < -0.3 is 21.7 Å². The van der Waals surface area contributed by atoms with E-state index in [1.165, 1.54) is 17.0 Å². The summed E-state index contributed by atoms with van der Waals surface area (Å²) in [6.45, 7) is 0.883. The number of aromatic nitrogens is 2. The predicted octanol–water partition coefficient (Wildman–Crippen LogP) is 1.97. The van der Waals surface area contributed by atoms with Crippen LogP contribution in [-0.2, 0) is 0 Å². The maximum Gasteiger partial charge on any atom is 0.270 e. The highest BCUT2D eigenvalue weighted by molar-refractivity contribution is 6.34. The van der Waals surface area contributed by atoms with Gasteiger partial charge in [0.15, 0.2) is 5.69 Å². The Morgan fingerprint density at radius 2 is 1.81 bits per heavy atom. The van der Waals surface area contributed by atoms with Crippen LogP contribution < -0.4 is 21.7 Å². The van der Waals surface area contributed by atoms with Gasteiger partial charge in [0, 0.05) is 24.5 Å². The summed E-state index contributed by atoms with van der Waals surface area (Å²) in [5, 5.41) is 8.24. The van der Waals surface area contributed by atoms with Crippen LogP contribution in [0.2, 0.25) is 5.02 Å². The second kappa shape index (κ2) is 10.0. The molecule has 0 aliphatic carbocycles. The van der Waals surface area contributed by atoms with Crippen LogP contribution in [0.1, 0.15) is 31.3 Å². The number of primary amides is 1. The third kappa shape index (κ3) is 5.10. The Hall–Kier alpha value is -3.76. The molecule has 1 aromatic heterocycles. The number of nitrogens with two attached hydrogens (primary N) is 1. The standard InChI is InChI=1S/C21H20ClFN6O3/c1-25-8-9-26-21(32)18-17(19(24)30)27-11-29(18)14-5-3-13(4-6-14)28-20(31)15-7-2-12(23)10-16(15)22/h2-7,10-11,25H,8-9H2,1H3,(H2,24,30)(H,26,32)(H,28,31). The average molecular weight is 459 g/mol. The zero-order chi connectivity index (χ0) is 23.3. The van der Waals surface area contributed by atoms with Gasteiger partial charge in [-0.2, -0.15) is 0 Å². The van der Waals surface area contributed by atoms with Crippen LogP contribution in [0, 0.1) is 5.82 Å². The van der Waals surface area contributed by atoms with Gasteiger partial charge in [0.1, 0.15) is 17.8 Å². The van der Waals surface area contributed by atoms with Crippen molar-refractivity contribution >= 4 is 35.0 Å². The van der Waals surface area contributed by atoms with Gasteiger partial charge in [-0.3, -0.25) is 19.0 Å². The minimum Gasteiger partial charge on any atom is -0.364 e. The van der Waals surface area contributed by atoms with Crippen molar-refractivity contribution in [3.05, 3.63) is 76.6 Å². The number of halogens is 2. The number of amides is 3. The molecule has 0 saturated heterocycles. The molecular formula is C21H20ClFN6O3. The van der Waals surface area contributed by atoms with E-state index in [1.807, 2.05) is 0 Å². The second-order valence-electron chi connectivity index (χ2n) is 6.66. The molecule has 11 heteroatoms. The summed E-state index contributed by atoms with van der Waals surface area (Å²) in [4.78, 5) is 40.7. The van der Waals surface area contributed by atoms with Crippen molar-refractivity contribution in [3.8, 4) is 5.69 Å². The highest BCUT2D eigenvalue weighted by Gasteiger charge is 2.23. The van der Waals surface area contributed by atoms with Gasteiger partial charge >= 0.3 is 0 Å². The molecule has 166 valence electrons.